The van der Waals surface area contributed by atoms with Crippen molar-refractivity contribution in [1.82, 2.24) is 15.0 Å². The zero-order valence-corrected chi connectivity index (χ0v) is 17.6. The second-order valence-corrected chi connectivity index (χ2v) is 8.86. The lowest BCUT2D eigenvalue weighted by atomic mass is 10.1. The molecule has 0 radical (unpaired) electrons. The Bertz CT molecular complexity index is 1250. The number of hydrogen-bond donors (Lipinski definition) is 1. The van der Waals surface area contributed by atoms with Crippen molar-refractivity contribution >= 4 is 39.7 Å². The molecule has 1 atom stereocenters. The Balaban J connectivity index is 1.43. The maximum atomic E-state index is 13.2. The number of hydrogen-bond acceptors (Lipinski definition) is 6. The molecule has 0 aliphatic carbocycles. The quantitative estimate of drug-likeness (QED) is 0.538. The number of morpholine rings is 1. The Morgan fingerprint density at radius 1 is 1.26 bits per heavy atom. The van der Waals surface area contributed by atoms with E-state index in [0.29, 0.717) is 32.0 Å². The first kappa shape index (κ1) is 18.5. The third-order valence-electron chi connectivity index (χ3n) is 5.98. The van der Waals surface area contributed by atoms with Crippen LogP contribution in [0.5, 0.6) is 0 Å². The van der Waals surface area contributed by atoms with Gasteiger partial charge < -0.3 is 19.5 Å². The number of nitrogens with zero attached hydrogens (tertiary/aromatic N) is 4. The standard InChI is InChI=1S/C23H21N5O2S/c29-21(11-16-3-2-10-31-16)28-13-15-14-30-9-8-27(15)23-20(28)12-25-22(26-23)18-4-1-5-19-17(18)6-7-24-19/h1-7,10,12,15,24H,8-9,11,13-14H2. The number of anilines is 2. The average Bonchev–Trinajstić information content (AvgIpc) is 3.50. The van der Waals surface area contributed by atoms with Crippen LogP contribution in [0.25, 0.3) is 22.3 Å². The lowest BCUT2D eigenvalue weighted by Gasteiger charge is -2.44. The number of fused-ring (bicyclic) bond motifs is 4. The van der Waals surface area contributed by atoms with Crippen LogP contribution in [0.15, 0.2) is 54.2 Å². The highest BCUT2D eigenvalue weighted by Gasteiger charge is 2.37. The fourth-order valence-electron chi connectivity index (χ4n) is 4.47. The van der Waals surface area contributed by atoms with E-state index in [1.165, 1.54) is 0 Å². The normalized spacial score (nSPS) is 18.1. The van der Waals surface area contributed by atoms with E-state index in [4.69, 9.17) is 9.72 Å². The number of benzene rings is 1. The van der Waals surface area contributed by atoms with E-state index in [1.54, 1.807) is 17.5 Å². The van der Waals surface area contributed by atoms with Crippen molar-refractivity contribution < 1.29 is 9.53 Å². The SMILES string of the molecule is O=C(Cc1cccs1)N1CC2COCCN2c2nc(-c3cccc4[nH]ccc34)ncc21. The Morgan fingerprint density at radius 2 is 2.23 bits per heavy atom. The molecule has 0 saturated carbocycles. The van der Waals surface area contributed by atoms with E-state index in [0.717, 1.165) is 39.4 Å². The minimum atomic E-state index is 0.0676. The van der Waals surface area contributed by atoms with Crippen molar-refractivity contribution in [3.8, 4) is 11.4 Å². The zero-order chi connectivity index (χ0) is 20.8. The third kappa shape index (κ3) is 3.19. The summed E-state index contributed by atoms with van der Waals surface area (Å²) in [5.74, 6) is 1.55. The molecule has 0 spiro atoms. The van der Waals surface area contributed by atoms with Gasteiger partial charge in [-0.1, -0.05) is 18.2 Å². The van der Waals surface area contributed by atoms with Crippen molar-refractivity contribution in [2.24, 2.45) is 0 Å². The van der Waals surface area contributed by atoms with Crippen LogP contribution in [-0.4, -0.2) is 53.2 Å². The fraction of sp³-hybridized carbons (Fsp3) is 0.261. The molecule has 156 valence electrons. The van der Waals surface area contributed by atoms with E-state index in [-0.39, 0.29) is 11.9 Å². The third-order valence-corrected chi connectivity index (χ3v) is 6.85. The molecule has 8 heteroatoms. The summed E-state index contributed by atoms with van der Waals surface area (Å²) in [5, 5.41) is 3.09. The Morgan fingerprint density at radius 3 is 3.13 bits per heavy atom. The summed E-state index contributed by atoms with van der Waals surface area (Å²) in [6, 6.07) is 12.2. The molecule has 7 nitrogen and oxygen atoms in total. The highest BCUT2D eigenvalue weighted by molar-refractivity contribution is 7.10. The number of nitrogens with one attached hydrogen (secondary N) is 1. The summed E-state index contributed by atoms with van der Waals surface area (Å²) in [5.41, 5.74) is 2.81. The first-order chi connectivity index (χ1) is 15.3. The van der Waals surface area contributed by atoms with E-state index < -0.39 is 0 Å². The predicted octanol–water partition coefficient (Wildman–Crippen LogP) is 3.48. The largest absolute Gasteiger partial charge is 0.377 e. The first-order valence-corrected chi connectivity index (χ1v) is 11.3. The number of carbonyl (C=O) groups excluding carboxylic acids is 1. The van der Waals surface area contributed by atoms with Gasteiger partial charge in [0.25, 0.3) is 0 Å². The van der Waals surface area contributed by atoms with Gasteiger partial charge in [-0.2, -0.15) is 0 Å². The van der Waals surface area contributed by atoms with E-state index in [9.17, 15) is 4.79 Å². The number of carbonyl (C=O) groups is 1. The van der Waals surface area contributed by atoms with Gasteiger partial charge in [0, 0.05) is 40.6 Å². The molecule has 1 aromatic carbocycles. The molecule has 1 fully saturated rings. The molecule has 1 amide bonds. The van der Waals surface area contributed by atoms with Crippen molar-refractivity contribution in [3.05, 3.63) is 59.0 Å². The maximum Gasteiger partial charge on any atom is 0.232 e. The molecule has 1 unspecified atom stereocenters. The van der Waals surface area contributed by atoms with E-state index in [1.807, 2.05) is 52.9 Å². The summed E-state index contributed by atoms with van der Waals surface area (Å²) in [6.07, 6.45) is 4.12. The molecule has 5 heterocycles. The maximum absolute atomic E-state index is 13.2. The minimum absolute atomic E-state index is 0.0676. The highest BCUT2D eigenvalue weighted by Crippen LogP contribution is 2.37. The number of thiophene rings is 1. The topological polar surface area (TPSA) is 74.3 Å². The number of amides is 1. The predicted molar refractivity (Wildman–Crippen MR) is 122 cm³/mol. The van der Waals surface area contributed by atoms with Gasteiger partial charge in [0.05, 0.1) is 31.9 Å². The van der Waals surface area contributed by atoms with Crippen LogP contribution in [0, 0.1) is 0 Å². The van der Waals surface area contributed by atoms with Crippen LogP contribution in [0.4, 0.5) is 11.5 Å². The summed E-state index contributed by atoms with van der Waals surface area (Å²) >= 11 is 1.60. The van der Waals surface area contributed by atoms with Crippen molar-refractivity contribution in [2.45, 2.75) is 12.5 Å². The van der Waals surface area contributed by atoms with Crippen LogP contribution in [0.3, 0.4) is 0 Å². The van der Waals surface area contributed by atoms with E-state index in [2.05, 4.69) is 14.9 Å². The summed E-state index contributed by atoms with van der Waals surface area (Å²) in [7, 11) is 0. The Hall–Kier alpha value is -3.23. The van der Waals surface area contributed by atoms with Gasteiger partial charge in [-0.05, 0) is 23.6 Å². The number of ether oxygens (including phenoxy) is 1. The second kappa shape index (κ2) is 7.47. The van der Waals surface area contributed by atoms with Crippen molar-refractivity contribution in [3.63, 3.8) is 0 Å². The molecule has 0 bridgehead atoms. The first-order valence-electron chi connectivity index (χ1n) is 10.4. The van der Waals surface area contributed by atoms with Crippen molar-refractivity contribution in [1.29, 1.82) is 0 Å². The van der Waals surface area contributed by atoms with Gasteiger partial charge in [0.1, 0.15) is 5.69 Å². The molecule has 1 saturated heterocycles. The monoisotopic (exact) mass is 431 g/mol. The number of aromatic nitrogens is 3. The number of rotatable bonds is 3. The van der Waals surface area contributed by atoms with Crippen LogP contribution in [0.1, 0.15) is 4.88 Å². The van der Waals surface area contributed by atoms with Gasteiger partial charge >= 0.3 is 0 Å². The molecule has 6 rings (SSSR count). The van der Waals surface area contributed by atoms with Crippen LogP contribution in [0.2, 0.25) is 0 Å². The van der Waals surface area contributed by atoms with Gasteiger partial charge in [0.15, 0.2) is 11.6 Å². The van der Waals surface area contributed by atoms with Gasteiger partial charge in [0.2, 0.25) is 5.91 Å². The van der Waals surface area contributed by atoms with Crippen LogP contribution < -0.4 is 9.80 Å². The molecular weight excluding hydrogens is 410 g/mol. The molecule has 1 N–H and O–H groups in total. The van der Waals surface area contributed by atoms with Crippen molar-refractivity contribution in [2.75, 3.05) is 36.1 Å². The summed E-state index contributed by atoms with van der Waals surface area (Å²) in [6.45, 7) is 2.60. The number of aromatic amines is 1. The van der Waals surface area contributed by atoms with E-state index >= 15 is 0 Å². The Labute approximate surface area is 183 Å². The molecular formula is C23H21N5O2S. The zero-order valence-electron chi connectivity index (χ0n) is 16.8. The molecule has 4 aromatic rings. The molecule has 31 heavy (non-hydrogen) atoms. The minimum Gasteiger partial charge on any atom is -0.377 e. The number of H-pyrrole nitrogens is 1. The van der Waals surface area contributed by atoms with Crippen LogP contribution >= 0.6 is 11.3 Å². The highest BCUT2D eigenvalue weighted by atomic mass is 32.1. The second-order valence-electron chi connectivity index (χ2n) is 7.83. The van der Waals surface area contributed by atoms with Gasteiger partial charge in [-0.15, -0.1) is 11.3 Å². The average molecular weight is 432 g/mol. The lowest BCUT2D eigenvalue weighted by Crippen LogP contribution is -2.57. The molecule has 2 aliphatic heterocycles. The fourth-order valence-corrected chi connectivity index (χ4v) is 5.16. The molecule has 2 aliphatic rings. The van der Waals surface area contributed by atoms with Crippen LogP contribution in [-0.2, 0) is 16.0 Å². The van der Waals surface area contributed by atoms with Gasteiger partial charge in [-0.25, -0.2) is 9.97 Å². The Kier molecular flexibility index (Phi) is 4.47. The van der Waals surface area contributed by atoms with Gasteiger partial charge in [-0.3, -0.25) is 4.79 Å². The smallest absolute Gasteiger partial charge is 0.232 e. The molecule has 3 aromatic heterocycles. The lowest BCUT2D eigenvalue weighted by molar-refractivity contribution is -0.118. The summed E-state index contributed by atoms with van der Waals surface area (Å²) < 4.78 is 5.72. The summed E-state index contributed by atoms with van der Waals surface area (Å²) in [4.78, 5) is 31.3.